The van der Waals surface area contributed by atoms with Crippen LogP contribution in [0, 0.1) is 0 Å². The van der Waals surface area contributed by atoms with E-state index in [-0.39, 0.29) is 6.61 Å². The molecule has 0 radical (unpaired) electrons. The van der Waals surface area contributed by atoms with Crippen LogP contribution in [0.4, 0.5) is 0 Å². The minimum Gasteiger partial charge on any atom is -0.391 e. The molecule has 0 fully saturated rings. The number of hydrogen-bond acceptors (Lipinski definition) is 2. The molecule has 0 saturated carbocycles. The first kappa shape index (κ1) is 14.9. The number of rotatable bonds is 6. The highest BCUT2D eigenvalue weighted by molar-refractivity contribution is 14.1. The molecule has 0 aliphatic rings. The van der Waals surface area contributed by atoms with Crippen LogP contribution in [0.5, 0.6) is 0 Å². The summed E-state index contributed by atoms with van der Waals surface area (Å²) < 4.78 is 13.2. The van der Waals surface area contributed by atoms with Crippen LogP contribution in [0.15, 0.2) is 43.7 Å². The van der Waals surface area contributed by atoms with Gasteiger partial charge in [0.15, 0.2) is 0 Å². The molecule has 4 heteroatoms. The maximum absolute atomic E-state index is 12.4. The lowest BCUT2D eigenvalue weighted by molar-refractivity contribution is 0.340. The van der Waals surface area contributed by atoms with Crippen LogP contribution in [0.3, 0.4) is 0 Å². The number of halogens is 1. The quantitative estimate of drug-likeness (QED) is 0.783. The molecule has 0 aromatic heterocycles. The van der Waals surface area contributed by atoms with E-state index in [0.717, 1.165) is 32.6 Å². The lowest BCUT2D eigenvalue weighted by Crippen LogP contribution is -2.00. The topological polar surface area (TPSA) is 37.3 Å². The standard InChI is InChI=1S/C13H17IO2S/c1-2-3-9-13(12(14)10-15)17(16)11-7-5-4-6-8-11/h4-8,15H,2-3,9-10H2,1H3/b13-12+. The average Bonchev–Trinajstić information content (AvgIpc) is 2.39. The van der Waals surface area contributed by atoms with Crippen molar-refractivity contribution in [3.8, 4) is 0 Å². The zero-order chi connectivity index (χ0) is 12.7. The van der Waals surface area contributed by atoms with Crippen molar-refractivity contribution >= 4 is 33.4 Å². The van der Waals surface area contributed by atoms with Gasteiger partial charge >= 0.3 is 0 Å². The van der Waals surface area contributed by atoms with Gasteiger partial charge in [-0.15, -0.1) is 0 Å². The molecule has 1 unspecified atom stereocenters. The van der Waals surface area contributed by atoms with Gasteiger partial charge in [-0.05, 0) is 47.6 Å². The minimum atomic E-state index is -1.14. The third kappa shape index (κ3) is 4.52. The molecule has 0 aliphatic heterocycles. The minimum absolute atomic E-state index is 0.0296. The normalized spacial score (nSPS) is 14.3. The fourth-order valence-corrected chi connectivity index (χ4v) is 3.59. The first-order chi connectivity index (χ1) is 8.20. The second-order valence-electron chi connectivity index (χ2n) is 3.67. The van der Waals surface area contributed by atoms with Crippen LogP contribution in [0.2, 0.25) is 0 Å². The second kappa shape index (κ2) is 8.00. The molecular weight excluding hydrogens is 347 g/mol. The number of aliphatic hydroxyl groups is 1. The van der Waals surface area contributed by atoms with Crippen LogP contribution in [0.25, 0.3) is 0 Å². The van der Waals surface area contributed by atoms with Crippen molar-refractivity contribution in [3.05, 3.63) is 38.8 Å². The number of aliphatic hydroxyl groups excluding tert-OH is 1. The van der Waals surface area contributed by atoms with Gasteiger partial charge in [0.25, 0.3) is 0 Å². The molecule has 2 nitrogen and oxygen atoms in total. The number of allylic oxidation sites excluding steroid dienone is 1. The van der Waals surface area contributed by atoms with Gasteiger partial charge in [-0.1, -0.05) is 31.5 Å². The smallest absolute Gasteiger partial charge is 0.0816 e. The Morgan fingerprint density at radius 3 is 2.53 bits per heavy atom. The Balaban J connectivity index is 2.96. The largest absolute Gasteiger partial charge is 0.391 e. The Labute approximate surface area is 119 Å². The molecule has 1 rings (SSSR count). The van der Waals surface area contributed by atoms with Gasteiger partial charge < -0.3 is 5.11 Å². The van der Waals surface area contributed by atoms with E-state index in [2.05, 4.69) is 29.5 Å². The first-order valence-corrected chi connectivity index (χ1v) is 7.88. The Morgan fingerprint density at radius 2 is 2.00 bits per heavy atom. The van der Waals surface area contributed by atoms with Gasteiger partial charge in [0.2, 0.25) is 0 Å². The Morgan fingerprint density at radius 1 is 1.35 bits per heavy atom. The highest BCUT2D eigenvalue weighted by atomic mass is 127. The molecule has 17 heavy (non-hydrogen) atoms. The summed E-state index contributed by atoms with van der Waals surface area (Å²) in [4.78, 5) is 1.67. The molecular formula is C13H17IO2S. The molecule has 94 valence electrons. The molecule has 0 amide bonds. The lowest BCUT2D eigenvalue weighted by Gasteiger charge is -2.09. The zero-order valence-corrected chi connectivity index (χ0v) is 12.8. The van der Waals surface area contributed by atoms with E-state index >= 15 is 0 Å². The van der Waals surface area contributed by atoms with E-state index in [9.17, 15) is 9.32 Å². The second-order valence-corrected chi connectivity index (χ2v) is 6.48. The summed E-state index contributed by atoms with van der Waals surface area (Å²) in [5.74, 6) is 0. The van der Waals surface area contributed by atoms with Gasteiger partial charge in [0.1, 0.15) is 0 Å². The van der Waals surface area contributed by atoms with Gasteiger partial charge in [-0.3, -0.25) is 0 Å². The van der Waals surface area contributed by atoms with E-state index in [1.165, 1.54) is 0 Å². The SMILES string of the molecule is CCCC/C(=C(\I)CO)S(=O)c1ccccc1. The maximum atomic E-state index is 12.4. The van der Waals surface area contributed by atoms with Crippen molar-refractivity contribution in [1.29, 1.82) is 0 Å². The van der Waals surface area contributed by atoms with E-state index in [1.807, 2.05) is 30.3 Å². The predicted octanol–water partition coefficient (Wildman–Crippen LogP) is 3.62. The van der Waals surface area contributed by atoms with Crippen LogP contribution < -0.4 is 0 Å². The Bertz CT molecular complexity index is 401. The maximum Gasteiger partial charge on any atom is 0.0816 e. The summed E-state index contributed by atoms with van der Waals surface area (Å²) in [6.07, 6.45) is 2.85. The van der Waals surface area contributed by atoms with Crippen molar-refractivity contribution in [2.24, 2.45) is 0 Å². The predicted molar refractivity (Wildman–Crippen MR) is 80.5 cm³/mol. The summed E-state index contributed by atoms with van der Waals surface area (Å²) in [5.41, 5.74) is 0. The fraction of sp³-hybridized carbons (Fsp3) is 0.385. The summed E-state index contributed by atoms with van der Waals surface area (Å²) in [6.45, 7) is 2.08. The number of unbranched alkanes of at least 4 members (excludes halogenated alkanes) is 1. The molecule has 1 atom stereocenters. The molecule has 0 heterocycles. The van der Waals surface area contributed by atoms with Gasteiger partial charge in [-0.2, -0.15) is 0 Å². The Kier molecular flexibility index (Phi) is 6.99. The van der Waals surface area contributed by atoms with Gasteiger partial charge in [-0.25, -0.2) is 4.21 Å². The van der Waals surface area contributed by atoms with E-state index in [1.54, 1.807) is 0 Å². The molecule has 0 aliphatic carbocycles. The van der Waals surface area contributed by atoms with Gasteiger partial charge in [0.05, 0.1) is 17.4 Å². The van der Waals surface area contributed by atoms with Crippen molar-refractivity contribution in [3.63, 3.8) is 0 Å². The summed E-state index contributed by atoms with van der Waals surface area (Å²) in [6, 6.07) is 9.41. The monoisotopic (exact) mass is 364 g/mol. The highest BCUT2D eigenvalue weighted by Gasteiger charge is 2.13. The van der Waals surface area contributed by atoms with Crippen LogP contribution in [-0.4, -0.2) is 15.9 Å². The van der Waals surface area contributed by atoms with Crippen molar-refractivity contribution in [1.82, 2.24) is 0 Å². The number of benzene rings is 1. The molecule has 1 N–H and O–H groups in total. The molecule has 0 saturated heterocycles. The average molecular weight is 364 g/mol. The fourth-order valence-electron chi connectivity index (χ4n) is 1.44. The van der Waals surface area contributed by atoms with Crippen molar-refractivity contribution in [2.75, 3.05) is 6.61 Å². The number of hydrogen-bond donors (Lipinski definition) is 1. The van der Waals surface area contributed by atoms with Crippen LogP contribution in [-0.2, 0) is 10.8 Å². The zero-order valence-electron chi connectivity index (χ0n) is 9.86. The van der Waals surface area contributed by atoms with Crippen molar-refractivity contribution in [2.45, 2.75) is 31.1 Å². The summed E-state index contributed by atoms with van der Waals surface area (Å²) in [5, 5.41) is 9.20. The summed E-state index contributed by atoms with van der Waals surface area (Å²) in [7, 11) is -1.14. The van der Waals surface area contributed by atoms with Crippen LogP contribution >= 0.6 is 22.6 Å². The third-order valence-electron chi connectivity index (χ3n) is 2.38. The van der Waals surface area contributed by atoms with Gasteiger partial charge in [0, 0.05) is 13.4 Å². The summed E-state index contributed by atoms with van der Waals surface area (Å²) >= 11 is 2.09. The van der Waals surface area contributed by atoms with E-state index < -0.39 is 10.8 Å². The molecule has 1 aromatic carbocycles. The van der Waals surface area contributed by atoms with E-state index in [4.69, 9.17) is 0 Å². The third-order valence-corrected chi connectivity index (χ3v) is 5.34. The lowest BCUT2D eigenvalue weighted by atomic mass is 10.2. The molecule has 0 bridgehead atoms. The van der Waals surface area contributed by atoms with Crippen molar-refractivity contribution < 1.29 is 9.32 Å². The molecule has 1 aromatic rings. The first-order valence-electron chi connectivity index (χ1n) is 5.66. The Hall–Kier alpha value is -0.200. The molecule has 0 spiro atoms. The highest BCUT2D eigenvalue weighted by Crippen LogP contribution is 2.25. The van der Waals surface area contributed by atoms with E-state index in [0.29, 0.717) is 0 Å². The van der Waals surface area contributed by atoms with Crippen LogP contribution in [0.1, 0.15) is 26.2 Å².